The molecule has 0 aliphatic rings. The maximum atomic E-state index is 4.61. The third-order valence-corrected chi connectivity index (χ3v) is 3.82. The molecular weight excluding hydrogens is 310 g/mol. The Morgan fingerprint density at radius 3 is 1.84 bits per heavy atom. The molecular formula is C20H15N5. The molecule has 0 unspecified atom stereocenters. The van der Waals surface area contributed by atoms with Crippen LogP contribution in [0, 0.1) is 6.92 Å². The van der Waals surface area contributed by atoms with Crippen LogP contribution in [-0.4, -0.2) is 24.9 Å². The van der Waals surface area contributed by atoms with Crippen molar-refractivity contribution in [3.63, 3.8) is 0 Å². The number of aryl methyl sites for hydroxylation is 1. The highest BCUT2D eigenvalue weighted by Gasteiger charge is 2.08. The molecule has 4 aromatic rings. The average Bonchev–Trinajstić information content (AvgIpc) is 2.69. The number of nitrogens with zero attached hydrogens (tertiary/aromatic N) is 5. The quantitative estimate of drug-likeness (QED) is 0.570. The first-order chi connectivity index (χ1) is 12.3. The zero-order valence-corrected chi connectivity index (χ0v) is 13.7. The Hall–Kier alpha value is -3.47. The Morgan fingerprint density at radius 1 is 0.560 bits per heavy atom. The predicted molar refractivity (Wildman–Crippen MR) is 96.5 cm³/mol. The van der Waals surface area contributed by atoms with Crippen LogP contribution in [-0.2, 0) is 0 Å². The van der Waals surface area contributed by atoms with Crippen molar-refractivity contribution in [3.05, 3.63) is 79.1 Å². The molecule has 1 aromatic carbocycles. The molecule has 0 saturated carbocycles. The van der Waals surface area contributed by atoms with Gasteiger partial charge in [0.1, 0.15) is 5.82 Å². The van der Waals surface area contributed by atoms with E-state index < -0.39 is 0 Å². The minimum atomic E-state index is 0.654. The maximum absolute atomic E-state index is 4.61. The van der Waals surface area contributed by atoms with Gasteiger partial charge in [-0.25, -0.2) is 15.0 Å². The minimum absolute atomic E-state index is 0.654. The average molecular weight is 325 g/mol. The van der Waals surface area contributed by atoms with E-state index in [4.69, 9.17) is 0 Å². The van der Waals surface area contributed by atoms with Gasteiger partial charge in [0.05, 0.1) is 0 Å². The largest absolute Gasteiger partial charge is 0.265 e. The molecule has 4 rings (SSSR count). The van der Waals surface area contributed by atoms with Gasteiger partial charge in [0.25, 0.3) is 0 Å². The van der Waals surface area contributed by atoms with Crippen molar-refractivity contribution in [3.8, 4) is 33.9 Å². The molecule has 120 valence electrons. The lowest BCUT2D eigenvalue weighted by Gasteiger charge is -2.06. The first-order valence-corrected chi connectivity index (χ1v) is 7.93. The van der Waals surface area contributed by atoms with E-state index in [1.54, 1.807) is 18.6 Å². The van der Waals surface area contributed by atoms with E-state index in [-0.39, 0.29) is 0 Å². The highest BCUT2D eigenvalue weighted by atomic mass is 15.0. The van der Waals surface area contributed by atoms with Gasteiger partial charge in [0, 0.05) is 35.9 Å². The molecule has 3 aromatic heterocycles. The molecule has 0 atom stereocenters. The second-order valence-corrected chi connectivity index (χ2v) is 5.58. The number of hydrogen-bond acceptors (Lipinski definition) is 5. The van der Waals surface area contributed by atoms with Crippen molar-refractivity contribution in [2.45, 2.75) is 6.92 Å². The SMILES string of the molecule is Cc1nc(-c2ccncc2)nc(-c2ccc(-c3cccnc3)cc2)n1. The van der Waals surface area contributed by atoms with Gasteiger partial charge in [0.15, 0.2) is 11.6 Å². The summed E-state index contributed by atoms with van der Waals surface area (Å²) >= 11 is 0. The van der Waals surface area contributed by atoms with Crippen LogP contribution in [0.4, 0.5) is 0 Å². The molecule has 5 heteroatoms. The van der Waals surface area contributed by atoms with E-state index in [2.05, 4.69) is 37.1 Å². The Kier molecular flexibility index (Phi) is 3.96. The molecule has 0 bridgehead atoms. The van der Waals surface area contributed by atoms with E-state index in [0.717, 1.165) is 22.3 Å². The van der Waals surface area contributed by atoms with Crippen molar-refractivity contribution in [1.82, 2.24) is 24.9 Å². The van der Waals surface area contributed by atoms with Gasteiger partial charge < -0.3 is 0 Å². The molecule has 0 spiro atoms. The summed E-state index contributed by atoms with van der Waals surface area (Å²) in [5, 5.41) is 0. The number of hydrogen-bond donors (Lipinski definition) is 0. The maximum Gasteiger partial charge on any atom is 0.163 e. The predicted octanol–water partition coefficient (Wildman–Crippen LogP) is 3.97. The van der Waals surface area contributed by atoms with E-state index in [0.29, 0.717) is 17.5 Å². The van der Waals surface area contributed by atoms with Gasteiger partial charge in [-0.3, -0.25) is 9.97 Å². The number of pyridine rings is 2. The summed E-state index contributed by atoms with van der Waals surface area (Å²) in [5.74, 6) is 2.01. The summed E-state index contributed by atoms with van der Waals surface area (Å²) in [5.41, 5.74) is 4.07. The Bertz CT molecular complexity index is 983. The first kappa shape index (κ1) is 15.1. The van der Waals surface area contributed by atoms with Gasteiger partial charge in [0.2, 0.25) is 0 Å². The third-order valence-electron chi connectivity index (χ3n) is 3.82. The van der Waals surface area contributed by atoms with Crippen LogP contribution in [0.15, 0.2) is 73.3 Å². The Labute approximate surface area is 145 Å². The summed E-state index contributed by atoms with van der Waals surface area (Å²) in [6.45, 7) is 1.87. The van der Waals surface area contributed by atoms with Gasteiger partial charge >= 0.3 is 0 Å². The molecule has 0 aliphatic heterocycles. The van der Waals surface area contributed by atoms with E-state index in [1.807, 2.05) is 49.5 Å². The number of rotatable bonds is 3. The van der Waals surface area contributed by atoms with Crippen molar-refractivity contribution in [2.24, 2.45) is 0 Å². The van der Waals surface area contributed by atoms with Crippen LogP contribution >= 0.6 is 0 Å². The molecule has 0 amide bonds. The second-order valence-electron chi connectivity index (χ2n) is 5.58. The lowest BCUT2D eigenvalue weighted by molar-refractivity contribution is 0.991. The lowest BCUT2D eigenvalue weighted by Crippen LogP contribution is -1.99. The molecule has 5 nitrogen and oxygen atoms in total. The molecule has 0 radical (unpaired) electrons. The fraction of sp³-hybridized carbons (Fsp3) is 0.0500. The first-order valence-electron chi connectivity index (χ1n) is 7.93. The van der Waals surface area contributed by atoms with Crippen molar-refractivity contribution in [2.75, 3.05) is 0 Å². The number of aromatic nitrogens is 5. The molecule has 0 N–H and O–H groups in total. The van der Waals surface area contributed by atoms with Crippen LogP contribution in [0.3, 0.4) is 0 Å². The van der Waals surface area contributed by atoms with Crippen LogP contribution in [0.2, 0.25) is 0 Å². The summed E-state index contributed by atoms with van der Waals surface area (Å²) < 4.78 is 0. The van der Waals surface area contributed by atoms with Gasteiger partial charge in [-0.05, 0) is 36.2 Å². The van der Waals surface area contributed by atoms with Crippen molar-refractivity contribution < 1.29 is 0 Å². The number of benzene rings is 1. The van der Waals surface area contributed by atoms with E-state index in [9.17, 15) is 0 Å². The highest BCUT2D eigenvalue weighted by molar-refractivity contribution is 5.67. The standard InChI is InChI=1S/C20H15N5/c1-14-23-19(25-20(24-14)17-8-11-21-12-9-17)16-6-4-15(5-7-16)18-3-2-10-22-13-18/h2-13H,1H3. The van der Waals surface area contributed by atoms with E-state index in [1.165, 1.54) is 0 Å². The van der Waals surface area contributed by atoms with E-state index >= 15 is 0 Å². The molecule has 0 saturated heterocycles. The van der Waals surface area contributed by atoms with Crippen LogP contribution in [0.5, 0.6) is 0 Å². The molecule has 0 aliphatic carbocycles. The zero-order valence-electron chi connectivity index (χ0n) is 13.7. The third kappa shape index (κ3) is 3.26. The van der Waals surface area contributed by atoms with Crippen LogP contribution in [0.25, 0.3) is 33.9 Å². The fourth-order valence-corrected chi connectivity index (χ4v) is 2.59. The second kappa shape index (κ2) is 6.57. The molecule has 3 heterocycles. The zero-order chi connectivity index (χ0) is 17.1. The lowest BCUT2D eigenvalue weighted by atomic mass is 10.1. The summed E-state index contributed by atoms with van der Waals surface area (Å²) in [6, 6.07) is 15.9. The fourth-order valence-electron chi connectivity index (χ4n) is 2.59. The normalized spacial score (nSPS) is 10.6. The monoisotopic (exact) mass is 325 g/mol. The summed E-state index contributed by atoms with van der Waals surface area (Å²) in [7, 11) is 0. The Balaban J connectivity index is 1.71. The molecule has 0 fully saturated rings. The smallest absolute Gasteiger partial charge is 0.163 e. The summed E-state index contributed by atoms with van der Waals surface area (Å²) in [6.07, 6.45) is 7.09. The van der Waals surface area contributed by atoms with Gasteiger partial charge in [-0.2, -0.15) is 0 Å². The van der Waals surface area contributed by atoms with Gasteiger partial charge in [-0.1, -0.05) is 30.3 Å². The topological polar surface area (TPSA) is 64.5 Å². The molecule has 25 heavy (non-hydrogen) atoms. The summed E-state index contributed by atoms with van der Waals surface area (Å²) in [4.78, 5) is 21.7. The van der Waals surface area contributed by atoms with Crippen LogP contribution in [0.1, 0.15) is 5.82 Å². The van der Waals surface area contributed by atoms with Gasteiger partial charge in [-0.15, -0.1) is 0 Å². The van der Waals surface area contributed by atoms with Crippen molar-refractivity contribution >= 4 is 0 Å². The minimum Gasteiger partial charge on any atom is -0.265 e. The van der Waals surface area contributed by atoms with Crippen molar-refractivity contribution in [1.29, 1.82) is 0 Å². The van der Waals surface area contributed by atoms with Crippen LogP contribution < -0.4 is 0 Å². The Morgan fingerprint density at radius 2 is 1.20 bits per heavy atom. The highest BCUT2D eigenvalue weighted by Crippen LogP contribution is 2.24.